The largest absolute Gasteiger partial charge is 0.459 e. The maximum atomic E-state index is 13.0. The Morgan fingerprint density at radius 1 is 1.09 bits per heavy atom. The second-order valence-corrected chi connectivity index (χ2v) is 9.11. The number of esters is 1. The highest BCUT2D eigenvalue weighted by Gasteiger charge is 2.50. The van der Waals surface area contributed by atoms with Crippen LogP contribution in [-0.4, -0.2) is 11.6 Å². The van der Waals surface area contributed by atoms with Crippen LogP contribution in [0.2, 0.25) is 0 Å². The minimum absolute atomic E-state index is 0.00748. The summed E-state index contributed by atoms with van der Waals surface area (Å²) in [4.78, 5) is 13.0. The third kappa shape index (κ3) is 3.08. The molecule has 2 aliphatic carbocycles. The zero-order valence-corrected chi connectivity index (χ0v) is 15.6. The molecule has 0 radical (unpaired) electrons. The van der Waals surface area contributed by atoms with Crippen LogP contribution in [0.3, 0.4) is 0 Å². The van der Waals surface area contributed by atoms with Crippen LogP contribution in [0.5, 0.6) is 0 Å². The summed E-state index contributed by atoms with van der Waals surface area (Å²) in [5, 5.41) is 0. The Bertz CT molecular complexity index is 408. The molecule has 0 aromatic rings. The highest BCUT2D eigenvalue weighted by atomic mass is 16.6. The molecule has 2 rings (SSSR count). The molecule has 22 heavy (non-hydrogen) atoms. The molecule has 3 unspecified atom stereocenters. The number of hydrogen-bond donors (Lipinski definition) is 0. The van der Waals surface area contributed by atoms with Gasteiger partial charge in [0.15, 0.2) is 0 Å². The van der Waals surface area contributed by atoms with Crippen molar-refractivity contribution in [3.05, 3.63) is 0 Å². The molecular formula is C20H36O2. The van der Waals surface area contributed by atoms with Crippen LogP contribution in [0.15, 0.2) is 0 Å². The topological polar surface area (TPSA) is 26.3 Å². The van der Waals surface area contributed by atoms with Crippen molar-refractivity contribution in [1.29, 1.82) is 0 Å². The van der Waals surface area contributed by atoms with Crippen LogP contribution < -0.4 is 0 Å². The van der Waals surface area contributed by atoms with Crippen LogP contribution in [0.4, 0.5) is 0 Å². The molecule has 128 valence electrons. The van der Waals surface area contributed by atoms with E-state index < -0.39 is 5.41 Å². The molecule has 2 saturated carbocycles. The smallest absolute Gasteiger partial charge is 0.312 e. The Labute approximate surface area is 137 Å². The van der Waals surface area contributed by atoms with Gasteiger partial charge in [-0.3, -0.25) is 4.79 Å². The van der Waals surface area contributed by atoms with Gasteiger partial charge in [-0.1, -0.05) is 40.0 Å². The Kier molecular flexibility index (Phi) is 5.00. The van der Waals surface area contributed by atoms with E-state index in [2.05, 4.69) is 41.5 Å². The first-order valence-corrected chi connectivity index (χ1v) is 9.37. The first-order valence-electron chi connectivity index (χ1n) is 9.37. The third-order valence-electron chi connectivity index (χ3n) is 7.35. The molecule has 0 heterocycles. The van der Waals surface area contributed by atoms with Crippen LogP contribution in [-0.2, 0) is 9.53 Å². The fraction of sp³-hybridized carbons (Fsp3) is 0.950. The van der Waals surface area contributed by atoms with Crippen molar-refractivity contribution < 1.29 is 9.53 Å². The van der Waals surface area contributed by atoms with Gasteiger partial charge in [-0.25, -0.2) is 0 Å². The zero-order chi connectivity index (χ0) is 16.6. The molecule has 0 aliphatic heterocycles. The number of ether oxygens (including phenoxy) is 1. The minimum Gasteiger partial charge on any atom is -0.459 e. The van der Waals surface area contributed by atoms with Crippen molar-refractivity contribution in [2.75, 3.05) is 0 Å². The minimum atomic E-state index is -0.438. The SMILES string of the molecule is CCC(C)(C)C(C)(C)C(=O)OC1(C)CCCC2CCCCC21. The zero-order valence-electron chi connectivity index (χ0n) is 15.6. The molecule has 3 atom stereocenters. The molecule has 2 fully saturated rings. The van der Waals surface area contributed by atoms with E-state index in [9.17, 15) is 4.79 Å². The summed E-state index contributed by atoms with van der Waals surface area (Å²) < 4.78 is 6.26. The number of carbonyl (C=O) groups excluding carboxylic acids is 1. The molecule has 2 heteroatoms. The third-order valence-corrected chi connectivity index (χ3v) is 7.35. The van der Waals surface area contributed by atoms with Gasteiger partial charge in [0.05, 0.1) is 5.41 Å². The molecule has 0 aromatic carbocycles. The quantitative estimate of drug-likeness (QED) is 0.619. The molecular weight excluding hydrogens is 272 g/mol. The van der Waals surface area contributed by atoms with E-state index in [0.29, 0.717) is 5.92 Å². The number of hydrogen-bond acceptors (Lipinski definition) is 2. The maximum Gasteiger partial charge on any atom is 0.312 e. The van der Waals surface area contributed by atoms with Crippen molar-refractivity contribution >= 4 is 5.97 Å². The standard InChI is InChI=1S/C20H36O2/c1-7-18(2,3)19(4,5)17(21)22-20(6)14-10-12-15-11-8-9-13-16(15)20/h15-16H,7-14H2,1-6H3. The molecule has 2 nitrogen and oxygen atoms in total. The van der Waals surface area contributed by atoms with E-state index in [0.717, 1.165) is 18.8 Å². The fourth-order valence-electron chi connectivity index (χ4n) is 4.44. The van der Waals surface area contributed by atoms with Gasteiger partial charge < -0.3 is 4.74 Å². The van der Waals surface area contributed by atoms with Crippen LogP contribution in [0.25, 0.3) is 0 Å². The maximum absolute atomic E-state index is 13.0. The van der Waals surface area contributed by atoms with Crippen molar-refractivity contribution in [1.82, 2.24) is 0 Å². The van der Waals surface area contributed by atoms with Crippen molar-refractivity contribution in [2.24, 2.45) is 22.7 Å². The van der Waals surface area contributed by atoms with Crippen molar-refractivity contribution in [3.63, 3.8) is 0 Å². The normalized spacial score (nSPS) is 33.2. The summed E-state index contributed by atoms with van der Waals surface area (Å²) in [6, 6.07) is 0. The Hall–Kier alpha value is -0.530. The van der Waals surface area contributed by atoms with E-state index >= 15 is 0 Å². The predicted molar refractivity (Wildman–Crippen MR) is 91.6 cm³/mol. The van der Waals surface area contributed by atoms with E-state index in [4.69, 9.17) is 4.74 Å². The summed E-state index contributed by atoms with van der Waals surface area (Å²) in [5.41, 5.74) is -0.713. The van der Waals surface area contributed by atoms with Gasteiger partial charge in [0.2, 0.25) is 0 Å². The van der Waals surface area contributed by atoms with Gasteiger partial charge in [-0.2, -0.15) is 0 Å². The van der Waals surface area contributed by atoms with Gasteiger partial charge in [-0.05, 0) is 64.2 Å². The van der Waals surface area contributed by atoms with Gasteiger partial charge in [0.25, 0.3) is 0 Å². The molecule has 0 spiro atoms. The van der Waals surface area contributed by atoms with Gasteiger partial charge in [-0.15, -0.1) is 0 Å². The Balaban J connectivity index is 2.15. The lowest BCUT2D eigenvalue weighted by molar-refractivity contribution is -0.191. The summed E-state index contributed by atoms with van der Waals surface area (Å²) in [6.07, 6.45) is 9.82. The second kappa shape index (κ2) is 6.17. The predicted octanol–water partition coefficient (Wildman–Crippen LogP) is 5.74. The van der Waals surface area contributed by atoms with E-state index in [1.807, 2.05) is 0 Å². The van der Waals surface area contributed by atoms with Crippen LogP contribution in [0.1, 0.15) is 92.9 Å². The van der Waals surface area contributed by atoms with Crippen molar-refractivity contribution in [2.45, 2.75) is 98.5 Å². The van der Waals surface area contributed by atoms with Gasteiger partial charge in [0, 0.05) is 5.92 Å². The van der Waals surface area contributed by atoms with E-state index in [-0.39, 0.29) is 17.0 Å². The second-order valence-electron chi connectivity index (χ2n) is 9.11. The summed E-state index contributed by atoms with van der Waals surface area (Å²) in [5.74, 6) is 1.37. The van der Waals surface area contributed by atoms with Gasteiger partial charge in [0.1, 0.15) is 5.60 Å². The molecule has 0 saturated heterocycles. The first kappa shape index (κ1) is 17.8. The van der Waals surface area contributed by atoms with Gasteiger partial charge >= 0.3 is 5.97 Å². The fourth-order valence-corrected chi connectivity index (χ4v) is 4.44. The highest BCUT2D eigenvalue weighted by Crippen LogP contribution is 2.50. The van der Waals surface area contributed by atoms with Crippen LogP contribution >= 0.6 is 0 Å². The lowest BCUT2D eigenvalue weighted by Gasteiger charge is -2.49. The lowest BCUT2D eigenvalue weighted by atomic mass is 9.63. The average Bonchev–Trinajstić information content (AvgIpc) is 2.47. The Morgan fingerprint density at radius 3 is 2.32 bits per heavy atom. The first-order chi connectivity index (χ1) is 10.1. The Morgan fingerprint density at radius 2 is 1.68 bits per heavy atom. The summed E-state index contributed by atoms with van der Waals surface area (Å²) in [6.45, 7) is 12.9. The summed E-state index contributed by atoms with van der Waals surface area (Å²) in [7, 11) is 0. The number of carbonyl (C=O) groups is 1. The lowest BCUT2D eigenvalue weighted by Crippen LogP contribution is -2.51. The number of rotatable bonds is 4. The molecule has 2 aliphatic rings. The number of fused-ring (bicyclic) bond motifs is 1. The molecule has 0 bridgehead atoms. The highest BCUT2D eigenvalue weighted by molar-refractivity contribution is 5.77. The average molecular weight is 309 g/mol. The van der Waals surface area contributed by atoms with E-state index in [1.54, 1.807) is 0 Å². The van der Waals surface area contributed by atoms with Crippen LogP contribution in [0, 0.1) is 22.7 Å². The summed E-state index contributed by atoms with van der Waals surface area (Å²) >= 11 is 0. The molecule has 0 N–H and O–H groups in total. The molecule has 0 aromatic heterocycles. The van der Waals surface area contributed by atoms with E-state index in [1.165, 1.54) is 38.5 Å². The monoisotopic (exact) mass is 308 g/mol. The van der Waals surface area contributed by atoms with Crippen molar-refractivity contribution in [3.8, 4) is 0 Å². The molecule has 0 amide bonds.